The fourth-order valence-electron chi connectivity index (χ4n) is 1.88. The Hall–Kier alpha value is -2.02. The number of nitrogens with zero attached hydrogens (tertiary/aromatic N) is 2. The van der Waals surface area contributed by atoms with Crippen LogP contribution in [0.2, 0.25) is 0 Å². The second-order valence-corrected chi connectivity index (χ2v) is 4.38. The second kappa shape index (κ2) is 7.42. The molecule has 0 aromatic heterocycles. The molecule has 4 heteroatoms. The molecule has 2 rings (SSSR count). The number of hydrogen-bond acceptors (Lipinski definition) is 4. The predicted octanol–water partition coefficient (Wildman–Crippen LogP) is 2.93. The Balaban J connectivity index is 1.71. The van der Waals surface area contributed by atoms with Crippen molar-refractivity contribution < 1.29 is 9.47 Å². The van der Waals surface area contributed by atoms with Crippen LogP contribution >= 0.6 is 0 Å². The van der Waals surface area contributed by atoms with Gasteiger partial charge >= 0.3 is 0 Å². The van der Waals surface area contributed by atoms with E-state index >= 15 is 0 Å². The zero-order valence-corrected chi connectivity index (χ0v) is 11.0. The van der Waals surface area contributed by atoms with Crippen LogP contribution in [0.25, 0.3) is 0 Å². The van der Waals surface area contributed by atoms with Crippen LogP contribution in [-0.2, 0) is 4.74 Å². The Kier molecular flexibility index (Phi) is 5.24. The minimum atomic E-state index is 0.636. The highest BCUT2D eigenvalue weighted by Crippen LogP contribution is 2.15. The summed E-state index contributed by atoms with van der Waals surface area (Å²) in [5.74, 6) is 1.59. The maximum atomic E-state index is 8.42. The largest absolute Gasteiger partial charge is 0.494 e. The average Bonchev–Trinajstić information content (AvgIpc) is 2.97. The summed E-state index contributed by atoms with van der Waals surface area (Å²) in [5, 5.41) is 8.42. The molecule has 4 nitrogen and oxygen atoms in total. The Bertz CT molecular complexity index is 460. The van der Waals surface area contributed by atoms with Crippen LogP contribution in [0.15, 0.2) is 29.3 Å². The number of ether oxygens (including phenoxy) is 2. The zero-order chi connectivity index (χ0) is 13.3. The van der Waals surface area contributed by atoms with Gasteiger partial charge in [0.2, 0.25) is 5.90 Å². The SMILES string of the molecule is N#CCCCCCOc1ccc(C2=NCCO2)cc1. The van der Waals surface area contributed by atoms with Gasteiger partial charge in [-0.1, -0.05) is 0 Å². The summed E-state index contributed by atoms with van der Waals surface area (Å²) in [7, 11) is 0. The van der Waals surface area contributed by atoms with Gasteiger partial charge in [-0.2, -0.15) is 5.26 Å². The van der Waals surface area contributed by atoms with Gasteiger partial charge in [0.05, 0.1) is 19.2 Å². The van der Waals surface area contributed by atoms with Crippen molar-refractivity contribution in [2.24, 2.45) is 4.99 Å². The van der Waals surface area contributed by atoms with Crippen LogP contribution in [0.5, 0.6) is 5.75 Å². The Labute approximate surface area is 113 Å². The Morgan fingerprint density at radius 3 is 2.74 bits per heavy atom. The maximum absolute atomic E-state index is 8.42. The number of nitriles is 1. The first-order valence-electron chi connectivity index (χ1n) is 6.67. The lowest BCUT2D eigenvalue weighted by Crippen LogP contribution is -2.01. The molecule has 0 aliphatic carbocycles. The van der Waals surface area contributed by atoms with Crippen LogP contribution in [0.3, 0.4) is 0 Å². The van der Waals surface area contributed by atoms with Gasteiger partial charge < -0.3 is 9.47 Å². The first kappa shape index (κ1) is 13.4. The summed E-state index contributed by atoms with van der Waals surface area (Å²) < 4.78 is 11.0. The molecule has 0 bridgehead atoms. The van der Waals surface area contributed by atoms with Crippen LogP contribution in [0.4, 0.5) is 0 Å². The van der Waals surface area contributed by atoms with E-state index in [1.165, 1.54) is 0 Å². The topological polar surface area (TPSA) is 54.6 Å². The molecule has 0 saturated heterocycles. The van der Waals surface area contributed by atoms with Crippen LogP contribution in [-0.4, -0.2) is 25.7 Å². The van der Waals surface area contributed by atoms with Crippen molar-refractivity contribution >= 4 is 5.90 Å². The normalized spacial score (nSPS) is 13.5. The smallest absolute Gasteiger partial charge is 0.216 e. The summed E-state index contributed by atoms with van der Waals surface area (Å²) in [6, 6.07) is 9.96. The molecule has 0 spiro atoms. The fraction of sp³-hybridized carbons (Fsp3) is 0.467. The van der Waals surface area contributed by atoms with Crippen LogP contribution in [0.1, 0.15) is 31.2 Å². The quantitative estimate of drug-likeness (QED) is 0.706. The molecule has 0 fully saturated rings. The van der Waals surface area contributed by atoms with Gasteiger partial charge in [0.25, 0.3) is 0 Å². The summed E-state index contributed by atoms with van der Waals surface area (Å²) in [4.78, 5) is 4.27. The molecule has 1 aromatic carbocycles. The van der Waals surface area contributed by atoms with Crippen LogP contribution in [0, 0.1) is 11.3 Å². The van der Waals surface area contributed by atoms with Crippen molar-refractivity contribution in [1.29, 1.82) is 5.26 Å². The van der Waals surface area contributed by atoms with Crippen molar-refractivity contribution in [3.8, 4) is 11.8 Å². The van der Waals surface area contributed by atoms with Gasteiger partial charge in [0, 0.05) is 12.0 Å². The van der Waals surface area contributed by atoms with Crippen LogP contribution < -0.4 is 4.74 Å². The zero-order valence-electron chi connectivity index (χ0n) is 11.0. The number of hydrogen-bond donors (Lipinski definition) is 0. The van der Waals surface area contributed by atoms with Crippen molar-refractivity contribution in [3.05, 3.63) is 29.8 Å². The van der Waals surface area contributed by atoms with E-state index in [4.69, 9.17) is 14.7 Å². The lowest BCUT2D eigenvalue weighted by Gasteiger charge is -2.07. The first-order valence-corrected chi connectivity index (χ1v) is 6.67. The van der Waals surface area contributed by atoms with Gasteiger partial charge in [-0.05, 0) is 43.5 Å². The molecule has 1 aromatic rings. The highest BCUT2D eigenvalue weighted by molar-refractivity contribution is 5.94. The van der Waals surface area contributed by atoms with Gasteiger partial charge in [-0.25, -0.2) is 4.99 Å². The van der Waals surface area contributed by atoms with E-state index in [2.05, 4.69) is 11.1 Å². The Morgan fingerprint density at radius 2 is 2.05 bits per heavy atom. The highest BCUT2D eigenvalue weighted by Gasteiger charge is 2.09. The first-order chi connectivity index (χ1) is 9.40. The van der Waals surface area contributed by atoms with E-state index in [9.17, 15) is 0 Å². The molecule has 0 N–H and O–H groups in total. The number of aliphatic imine (C=N–C) groups is 1. The van der Waals surface area contributed by atoms with Crippen molar-refractivity contribution in [2.75, 3.05) is 19.8 Å². The average molecular weight is 258 g/mol. The van der Waals surface area contributed by atoms with Crippen molar-refractivity contribution in [2.45, 2.75) is 25.7 Å². The van der Waals surface area contributed by atoms with E-state index in [1.807, 2.05) is 24.3 Å². The van der Waals surface area contributed by atoms with Gasteiger partial charge in [-0.15, -0.1) is 0 Å². The molecule has 0 atom stereocenters. The molecule has 0 saturated carbocycles. The molecule has 1 heterocycles. The van der Waals surface area contributed by atoms with Crippen molar-refractivity contribution in [1.82, 2.24) is 0 Å². The fourth-order valence-corrected chi connectivity index (χ4v) is 1.88. The highest BCUT2D eigenvalue weighted by atomic mass is 16.5. The summed E-state index contributed by atoms with van der Waals surface area (Å²) in [6.07, 6.45) is 3.61. The van der Waals surface area contributed by atoms with Gasteiger partial charge in [0.1, 0.15) is 12.4 Å². The third-order valence-electron chi connectivity index (χ3n) is 2.89. The lowest BCUT2D eigenvalue weighted by molar-refractivity contribution is 0.305. The van der Waals surface area contributed by atoms with E-state index in [1.54, 1.807) is 0 Å². The molecular weight excluding hydrogens is 240 g/mol. The third kappa shape index (κ3) is 4.29. The lowest BCUT2D eigenvalue weighted by atomic mass is 10.2. The van der Waals surface area contributed by atoms with E-state index < -0.39 is 0 Å². The van der Waals surface area contributed by atoms with E-state index in [-0.39, 0.29) is 0 Å². The number of unbranched alkanes of at least 4 members (excludes halogenated alkanes) is 3. The molecular formula is C15H18N2O2. The van der Waals surface area contributed by atoms with E-state index in [0.29, 0.717) is 19.6 Å². The maximum Gasteiger partial charge on any atom is 0.216 e. The monoisotopic (exact) mass is 258 g/mol. The van der Waals surface area contributed by atoms with Crippen molar-refractivity contribution in [3.63, 3.8) is 0 Å². The van der Waals surface area contributed by atoms with E-state index in [0.717, 1.165) is 43.0 Å². The molecule has 1 aliphatic rings. The molecule has 0 radical (unpaired) electrons. The second-order valence-electron chi connectivity index (χ2n) is 4.38. The molecule has 0 amide bonds. The molecule has 0 unspecified atom stereocenters. The summed E-state index contributed by atoms with van der Waals surface area (Å²) in [5.41, 5.74) is 0.999. The Morgan fingerprint density at radius 1 is 1.21 bits per heavy atom. The number of benzene rings is 1. The molecule has 19 heavy (non-hydrogen) atoms. The minimum Gasteiger partial charge on any atom is -0.494 e. The molecule has 100 valence electrons. The predicted molar refractivity (Wildman–Crippen MR) is 73.4 cm³/mol. The summed E-state index contributed by atoms with van der Waals surface area (Å²) in [6.45, 7) is 2.12. The third-order valence-corrected chi connectivity index (χ3v) is 2.89. The molecule has 1 aliphatic heterocycles. The standard InChI is InChI=1S/C15H18N2O2/c16-9-3-1-2-4-11-18-14-7-5-13(6-8-14)15-17-10-12-19-15/h5-8H,1-4,10-12H2. The van der Waals surface area contributed by atoms with Gasteiger partial charge in [0.15, 0.2) is 0 Å². The summed E-state index contributed by atoms with van der Waals surface area (Å²) >= 11 is 0. The minimum absolute atomic E-state index is 0.636. The number of rotatable bonds is 7. The van der Waals surface area contributed by atoms with Gasteiger partial charge in [-0.3, -0.25) is 0 Å².